The summed E-state index contributed by atoms with van der Waals surface area (Å²) in [5.41, 5.74) is 3.56. The molecule has 24 heavy (non-hydrogen) atoms. The molecule has 1 aliphatic rings. The van der Waals surface area contributed by atoms with E-state index in [2.05, 4.69) is 70.1 Å². The maximum atomic E-state index is 4.65. The molecule has 1 fully saturated rings. The zero-order valence-electron chi connectivity index (χ0n) is 15.1. The van der Waals surface area contributed by atoms with Crippen molar-refractivity contribution in [1.29, 1.82) is 0 Å². The van der Waals surface area contributed by atoms with Gasteiger partial charge in [-0.15, -0.1) is 0 Å². The van der Waals surface area contributed by atoms with E-state index in [-0.39, 0.29) is 0 Å². The minimum absolute atomic E-state index is 0.804. The van der Waals surface area contributed by atoms with Crippen molar-refractivity contribution in [2.75, 3.05) is 42.9 Å². The molecule has 0 unspecified atom stereocenters. The molecule has 0 atom stereocenters. The highest BCUT2D eigenvalue weighted by atomic mass is 15.3. The third-order valence-electron chi connectivity index (χ3n) is 4.62. The summed E-state index contributed by atoms with van der Waals surface area (Å²) >= 11 is 0. The molecule has 0 saturated carbocycles. The Bertz CT molecular complexity index is 705. The van der Waals surface area contributed by atoms with E-state index in [1.807, 2.05) is 6.92 Å². The van der Waals surface area contributed by atoms with Crippen LogP contribution < -0.4 is 10.2 Å². The first-order valence-electron chi connectivity index (χ1n) is 8.72. The van der Waals surface area contributed by atoms with E-state index >= 15 is 0 Å². The molecular weight excluding hydrogens is 298 g/mol. The van der Waals surface area contributed by atoms with Crippen molar-refractivity contribution in [2.45, 2.75) is 27.7 Å². The van der Waals surface area contributed by atoms with Gasteiger partial charge in [0.1, 0.15) is 17.5 Å². The molecule has 5 heteroatoms. The molecule has 0 bridgehead atoms. The molecule has 128 valence electrons. The monoisotopic (exact) mass is 325 g/mol. The Balaban J connectivity index is 1.80. The number of hydrogen-bond acceptors (Lipinski definition) is 5. The first kappa shape index (κ1) is 16.7. The van der Waals surface area contributed by atoms with Gasteiger partial charge in [0.2, 0.25) is 0 Å². The van der Waals surface area contributed by atoms with E-state index in [0.29, 0.717) is 0 Å². The van der Waals surface area contributed by atoms with Crippen molar-refractivity contribution < 1.29 is 0 Å². The van der Waals surface area contributed by atoms with Crippen molar-refractivity contribution in [3.8, 4) is 0 Å². The fraction of sp³-hybridized carbons (Fsp3) is 0.474. The van der Waals surface area contributed by atoms with Gasteiger partial charge < -0.3 is 15.1 Å². The number of aryl methyl sites for hydroxylation is 3. The van der Waals surface area contributed by atoms with Crippen LogP contribution in [0.15, 0.2) is 24.3 Å². The number of rotatable bonds is 4. The van der Waals surface area contributed by atoms with E-state index < -0.39 is 0 Å². The molecule has 1 aromatic heterocycles. The average Bonchev–Trinajstić information content (AvgIpc) is 2.58. The number of nitrogens with one attached hydrogen (secondary N) is 1. The number of piperazine rings is 1. The molecule has 2 heterocycles. The predicted octanol–water partition coefficient (Wildman–Crippen LogP) is 3.29. The van der Waals surface area contributed by atoms with E-state index in [4.69, 9.17) is 0 Å². The van der Waals surface area contributed by atoms with Crippen LogP contribution in [-0.2, 0) is 0 Å². The molecule has 2 aromatic rings. The Morgan fingerprint density at radius 2 is 1.75 bits per heavy atom. The van der Waals surface area contributed by atoms with Gasteiger partial charge >= 0.3 is 0 Å². The van der Waals surface area contributed by atoms with Crippen LogP contribution in [0.1, 0.15) is 23.9 Å². The summed E-state index contributed by atoms with van der Waals surface area (Å²) in [7, 11) is 0. The topological polar surface area (TPSA) is 44.3 Å². The van der Waals surface area contributed by atoms with Gasteiger partial charge in [0.15, 0.2) is 0 Å². The quantitative estimate of drug-likeness (QED) is 0.934. The largest absolute Gasteiger partial charge is 0.354 e. The normalized spacial score (nSPS) is 15.6. The predicted molar refractivity (Wildman–Crippen MR) is 100 cm³/mol. The lowest BCUT2D eigenvalue weighted by atomic mass is 10.1. The van der Waals surface area contributed by atoms with Crippen LogP contribution in [0.25, 0.3) is 0 Å². The average molecular weight is 325 g/mol. The smallest absolute Gasteiger partial charge is 0.136 e. The lowest BCUT2D eigenvalue weighted by molar-refractivity contribution is 0.270. The third kappa shape index (κ3) is 3.85. The van der Waals surface area contributed by atoms with Gasteiger partial charge in [0.25, 0.3) is 0 Å². The molecule has 1 aromatic carbocycles. The molecule has 0 aliphatic carbocycles. The zero-order chi connectivity index (χ0) is 17.1. The summed E-state index contributed by atoms with van der Waals surface area (Å²) in [6.07, 6.45) is 0. The fourth-order valence-electron chi connectivity index (χ4n) is 3.08. The third-order valence-corrected chi connectivity index (χ3v) is 4.62. The zero-order valence-corrected chi connectivity index (χ0v) is 15.1. The minimum Gasteiger partial charge on any atom is -0.354 e. The van der Waals surface area contributed by atoms with Crippen LogP contribution in [0, 0.1) is 20.8 Å². The lowest BCUT2D eigenvalue weighted by Crippen LogP contribution is -2.46. The number of nitrogens with zero attached hydrogens (tertiary/aromatic N) is 4. The van der Waals surface area contributed by atoms with Crippen LogP contribution in [0.3, 0.4) is 0 Å². The van der Waals surface area contributed by atoms with E-state index in [0.717, 1.165) is 55.9 Å². The summed E-state index contributed by atoms with van der Waals surface area (Å²) in [4.78, 5) is 14.0. The van der Waals surface area contributed by atoms with Crippen LogP contribution in [0.2, 0.25) is 0 Å². The van der Waals surface area contributed by atoms with Crippen molar-refractivity contribution in [1.82, 2.24) is 14.9 Å². The first-order valence-corrected chi connectivity index (χ1v) is 8.72. The SMILES string of the molecule is CCN1CCN(c2cc(Nc3cc(C)ccc3C)nc(C)n2)CC1. The van der Waals surface area contributed by atoms with Crippen LogP contribution in [-0.4, -0.2) is 47.6 Å². The van der Waals surface area contributed by atoms with Crippen LogP contribution >= 0.6 is 0 Å². The Morgan fingerprint density at radius 3 is 2.46 bits per heavy atom. The van der Waals surface area contributed by atoms with Gasteiger partial charge in [-0.3, -0.25) is 0 Å². The highest BCUT2D eigenvalue weighted by Crippen LogP contribution is 2.23. The lowest BCUT2D eigenvalue weighted by Gasteiger charge is -2.34. The Hall–Kier alpha value is -2.14. The van der Waals surface area contributed by atoms with E-state index in [1.54, 1.807) is 0 Å². The summed E-state index contributed by atoms with van der Waals surface area (Å²) < 4.78 is 0. The number of aromatic nitrogens is 2. The standard InChI is InChI=1S/C19H27N5/c1-5-23-8-10-24(11-9-23)19-13-18(20-16(4)21-19)22-17-12-14(2)6-7-15(17)3/h6-7,12-13H,5,8-11H2,1-4H3,(H,20,21,22). The van der Waals surface area contributed by atoms with Gasteiger partial charge in [-0.2, -0.15) is 0 Å². The molecule has 0 spiro atoms. The Kier molecular flexibility index (Phi) is 5.00. The van der Waals surface area contributed by atoms with E-state index in [9.17, 15) is 0 Å². The van der Waals surface area contributed by atoms with Crippen molar-refractivity contribution >= 4 is 17.3 Å². The van der Waals surface area contributed by atoms with Gasteiger partial charge in [0.05, 0.1) is 0 Å². The number of anilines is 3. The molecule has 0 radical (unpaired) electrons. The van der Waals surface area contributed by atoms with Gasteiger partial charge in [-0.25, -0.2) is 9.97 Å². The second-order valence-corrected chi connectivity index (χ2v) is 6.52. The molecule has 3 rings (SSSR count). The second-order valence-electron chi connectivity index (χ2n) is 6.52. The van der Waals surface area contributed by atoms with Crippen LogP contribution in [0.5, 0.6) is 0 Å². The molecule has 0 amide bonds. The number of benzene rings is 1. The summed E-state index contributed by atoms with van der Waals surface area (Å²) in [6.45, 7) is 13.8. The van der Waals surface area contributed by atoms with Crippen LogP contribution in [0.4, 0.5) is 17.3 Å². The molecular formula is C19H27N5. The molecule has 1 saturated heterocycles. The summed E-state index contributed by atoms with van der Waals surface area (Å²) in [6, 6.07) is 8.49. The number of hydrogen-bond donors (Lipinski definition) is 1. The maximum Gasteiger partial charge on any atom is 0.136 e. The van der Waals surface area contributed by atoms with E-state index in [1.165, 1.54) is 11.1 Å². The first-order chi connectivity index (χ1) is 11.5. The molecule has 1 aliphatic heterocycles. The van der Waals surface area contributed by atoms with Gasteiger partial charge in [-0.05, 0) is 44.5 Å². The molecule has 1 N–H and O–H groups in total. The van der Waals surface area contributed by atoms with Gasteiger partial charge in [0, 0.05) is 37.9 Å². The Labute approximate surface area is 144 Å². The van der Waals surface area contributed by atoms with Gasteiger partial charge in [-0.1, -0.05) is 19.1 Å². The van der Waals surface area contributed by atoms with Crippen molar-refractivity contribution in [3.63, 3.8) is 0 Å². The fourth-order valence-corrected chi connectivity index (χ4v) is 3.08. The van der Waals surface area contributed by atoms with Crippen molar-refractivity contribution in [2.24, 2.45) is 0 Å². The molecule has 5 nitrogen and oxygen atoms in total. The minimum atomic E-state index is 0.804. The maximum absolute atomic E-state index is 4.65. The Morgan fingerprint density at radius 1 is 1.00 bits per heavy atom. The highest BCUT2D eigenvalue weighted by molar-refractivity contribution is 5.63. The summed E-state index contributed by atoms with van der Waals surface area (Å²) in [5.74, 6) is 2.69. The highest BCUT2D eigenvalue weighted by Gasteiger charge is 2.18. The summed E-state index contributed by atoms with van der Waals surface area (Å²) in [5, 5.41) is 3.47. The second kappa shape index (κ2) is 7.18. The van der Waals surface area contributed by atoms with Crippen molar-refractivity contribution in [3.05, 3.63) is 41.2 Å². The number of likely N-dealkylation sites (N-methyl/N-ethyl adjacent to an activating group) is 1.